The number of fused-ring (bicyclic) bond motifs is 1. The highest BCUT2D eigenvalue weighted by atomic mass is 35.5. The van der Waals surface area contributed by atoms with Gasteiger partial charge in [0.15, 0.2) is 15.9 Å². The van der Waals surface area contributed by atoms with Crippen LogP contribution in [0.1, 0.15) is 27.7 Å². The lowest BCUT2D eigenvalue weighted by atomic mass is 9.95. The van der Waals surface area contributed by atoms with E-state index in [9.17, 15) is 14.7 Å². The van der Waals surface area contributed by atoms with Crippen molar-refractivity contribution < 1.29 is 23.8 Å². The standard InChI is InChI=1S/C29H20ClN3O5S2/c1-37-20-12-8-17(9-13-20)24-23(25(34)22-14-18-4-2-3-5-21(18)38-22)26(35)27(36)33(24)28-31-32-29(40-28)39-15-16-6-10-19(30)11-7-16/h2-14,24,35H,15H2,1H3. The van der Waals surface area contributed by atoms with E-state index in [1.807, 2.05) is 36.4 Å². The highest BCUT2D eigenvalue weighted by molar-refractivity contribution is 8.00. The Bertz CT molecular complexity index is 1730. The lowest BCUT2D eigenvalue weighted by Gasteiger charge is -2.24. The molecule has 5 aromatic rings. The second kappa shape index (κ2) is 10.8. The summed E-state index contributed by atoms with van der Waals surface area (Å²) in [6, 6.07) is 22.3. The highest BCUT2D eigenvalue weighted by Gasteiger charge is 2.46. The number of Topliss-reactive ketones (excluding diaryl/α,β-unsaturated/α-hetero) is 1. The predicted molar refractivity (Wildman–Crippen MR) is 154 cm³/mol. The molecule has 0 spiro atoms. The molecule has 1 N–H and O–H groups in total. The fourth-order valence-corrected chi connectivity index (χ4v) is 6.40. The molecule has 0 radical (unpaired) electrons. The van der Waals surface area contributed by atoms with Crippen LogP contribution in [0.3, 0.4) is 0 Å². The molecular formula is C29H20ClN3O5S2. The molecule has 2 aromatic heterocycles. The van der Waals surface area contributed by atoms with E-state index < -0.39 is 23.5 Å². The molecule has 6 rings (SSSR count). The molecule has 11 heteroatoms. The van der Waals surface area contributed by atoms with Crippen molar-refractivity contribution in [1.29, 1.82) is 0 Å². The van der Waals surface area contributed by atoms with E-state index >= 15 is 0 Å². The Morgan fingerprint density at radius 3 is 2.58 bits per heavy atom. The molecule has 1 atom stereocenters. The van der Waals surface area contributed by atoms with Gasteiger partial charge < -0.3 is 14.3 Å². The van der Waals surface area contributed by atoms with Crippen molar-refractivity contribution in [2.75, 3.05) is 12.0 Å². The maximum Gasteiger partial charge on any atom is 0.296 e. The average Bonchev–Trinajstić information content (AvgIpc) is 3.69. The number of rotatable bonds is 8. The number of thioether (sulfide) groups is 1. The Morgan fingerprint density at radius 1 is 1.10 bits per heavy atom. The number of ether oxygens (including phenoxy) is 1. The van der Waals surface area contributed by atoms with E-state index in [4.69, 9.17) is 20.8 Å². The van der Waals surface area contributed by atoms with E-state index in [0.717, 1.165) is 10.9 Å². The molecule has 0 aliphatic carbocycles. The van der Waals surface area contributed by atoms with Crippen LogP contribution in [0.2, 0.25) is 5.02 Å². The molecule has 3 aromatic carbocycles. The summed E-state index contributed by atoms with van der Waals surface area (Å²) in [6.07, 6.45) is 0. The van der Waals surface area contributed by atoms with Crippen LogP contribution in [0.25, 0.3) is 11.0 Å². The Labute approximate surface area is 241 Å². The minimum atomic E-state index is -0.957. The number of halogens is 1. The molecule has 0 fully saturated rings. The molecular weight excluding hydrogens is 570 g/mol. The number of hydrogen-bond acceptors (Lipinski definition) is 9. The van der Waals surface area contributed by atoms with Gasteiger partial charge in [0.05, 0.1) is 18.7 Å². The van der Waals surface area contributed by atoms with Crippen LogP contribution in [0.15, 0.2) is 99.0 Å². The number of furan rings is 1. The van der Waals surface area contributed by atoms with Gasteiger partial charge in [-0.2, -0.15) is 0 Å². The van der Waals surface area contributed by atoms with Crippen molar-refractivity contribution in [3.63, 3.8) is 0 Å². The fraction of sp³-hybridized carbons (Fsp3) is 0.103. The number of methoxy groups -OCH3 is 1. The third-order valence-electron chi connectivity index (χ3n) is 6.41. The number of aliphatic hydroxyl groups is 1. The summed E-state index contributed by atoms with van der Waals surface area (Å²) in [4.78, 5) is 28.6. The van der Waals surface area contributed by atoms with Gasteiger partial charge in [-0.25, -0.2) is 0 Å². The molecule has 0 saturated heterocycles. The Morgan fingerprint density at radius 2 is 1.85 bits per heavy atom. The predicted octanol–water partition coefficient (Wildman–Crippen LogP) is 7.02. The number of amides is 1. The molecule has 3 heterocycles. The number of ketones is 1. The first-order valence-electron chi connectivity index (χ1n) is 12.1. The Balaban J connectivity index is 1.36. The van der Waals surface area contributed by atoms with Crippen LogP contribution in [0.4, 0.5) is 5.13 Å². The summed E-state index contributed by atoms with van der Waals surface area (Å²) < 4.78 is 11.7. The van der Waals surface area contributed by atoms with Crippen LogP contribution >= 0.6 is 34.7 Å². The van der Waals surface area contributed by atoms with Gasteiger partial charge in [0.25, 0.3) is 5.91 Å². The molecule has 1 aliphatic heterocycles. The minimum Gasteiger partial charge on any atom is -0.503 e. The summed E-state index contributed by atoms with van der Waals surface area (Å²) in [5.74, 6) is -0.738. The van der Waals surface area contributed by atoms with Gasteiger partial charge in [-0.05, 0) is 47.5 Å². The number of aromatic nitrogens is 2. The number of carbonyl (C=O) groups excluding carboxylic acids is 2. The number of hydrogen-bond donors (Lipinski definition) is 1. The van der Waals surface area contributed by atoms with Gasteiger partial charge in [0, 0.05) is 16.2 Å². The van der Waals surface area contributed by atoms with Gasteiger partial charge >= 0.3 is 0 Å². The largest absolute Gasteiger partial charge is 0.503 e. The summed E-state index contributed by atoms with van der Waals surface area (Å²) in [5, 5.41) is 21.2. The molecule has 0 bridgehead atoms. The summed E-state index contributed by atoms with van der Waals surface area (Å²) in [5.41, 5.74) is 2.07. The Hall–Kier alpha value is -4.12. The van der Waals surface area contributed by atoms with E-state index in [2.05, 4.69) is 10.2 Å². The van der Waals surface area contributed by atoms with Crippen LogP contribution in [-0.2, 0) is 10.5 Å². The fourth-order valence-electron chi connectivity index (χ4n) is 4.45. The maximum absolute atomic E-state index is 13.8. The van der Waals surface area contributed by atoms with Crippen molar-refractivity contribution in [2.24, 2.45) is 0 Å². The lowest BCUT2D eigenvalue weighted by Crippen LogP contribution is -2.31. The summed E-state index contributed by atoms with van der Waals surface area (Å²) in [7, 11) is 1.55. The highest BCUT2D eigenvalue weighted by Crippen LogP contribution is 2.44. The molecule has 1 unspecified atom stereocenters. The number of nitrogens with zero attached hydrogens (tertiary/aromatic N) is 3. The molecule has 200 valence electrons. The number of benzene rings is 3. The second-order valence-corrected chi connectivity index (χ2v) is 11.5. The van der Waals surface area contributed by atoms with Gasteiger partial charge in [-0.1, -0.05) is 77.2 Å². The molecule has 40 heavy (non-hydrogen) atoms. The van der Waals surface area contributed by atoms with Gasteiger partial charge in [0.2, 0.25) is 10.9 Å². The smallest absolute Gasteiger partial charge is 0.296 e. The van der Waals surface area contributed by atoms with E-state index in [0.29, 0.717) is 32.0 Å². The zero-order valence-corrected chi connectivity index (χ0v) is 23.3. The van der Waals surface area contributed by atoms with Gasteiger partial charge in [-0.3, -0.25) is 14.5 Å². The lowest BCUT2D eigenvalue weighted by molar-refractivity contribution is -0.117. The third-order valence-corrected chi connectivity index (χ3v) is 8.79. The van der Waals surface area contributed by atoms with E-state index in [1.165, 1.54) is 28.0 Å². The molecule has 0 saturated carbocycles. The van der Waals surface area contributed by atoms with Gasteiger partial charge in [0.1, 0.15) is 11.3 Å². The van der Waals surface area contributed by atoms with Crippen LogP contribution < -0.4 is 9.64 Å². The summed E-state index contributed by atoms with van der Waals surface area (Å²) >= 11 is 8.64. The zero-order chi connectivity index (χ0) is 27.8. The molecule has 8 nitrogen and oxygen atoms in total. The van der Waals surface area contributed by atoms with Gasteiger partial charge in [-0.15, -0.1) is 10.2 Å². The normalized spacial score (nSPS) is 15.3. The second-order valence-electron chi connectivity index (χ2n) is 8.86. The summed E-state index contributed by atoms with van der Waals surface area (Å²) in [6.45, 7) is 0. The monoisotopic (exact) mass is 589 g/mol. The number of para-hydroxylation sites is 1. The molecule has 1 amide bonds. The van der Waals surface area contributed by atoms with E-state index in [1.54, 1.807) is 49.6 Å². The first-order valence-corrected chi connectivity index (χ1v) is 14.3. The first-order chi connectivity index (χ1) is 19.4. The first kappa shape index (κ1) is 26.1. The van der Waals surface area contributed by atoms with Crippen LogP contribution in [0.5, 0.6) is 5.75 Å². The van der Waals surface area contributed by atoms with Crippen molar-refractivity contribution in [2.45, 2.75) is 16.1 Å². The van der Waals surface area contributed by atoms with Crippen molar-refractivity contribution >= 4 is 62.5 Å². The van der Waals surface area contributed by atoms with Crippen LogP contribution in [0, 0.1) is 0 Å². The quantitative estimate of drug-likeness (QED) is 0.117. The SMILES string of the molecule is COc1ccc(C2C(C(=O)c3cc4ccccc4o3)=C(O)C(=O)N2c2nnc(SCc3ccc(Cl)cc3)s2)cc1. The maximum atomic E-state index is 13.8. The van der Waals surface area contributed by atoms with Crippen molar-refractivity contribution in [1.82, 2.24) is 10.2 Å². The third kappa shape index (κ3) is 4.85. The molecule has 1 aliphatic rings. The number of carbonyl (C=O) groups is 2. The van der Waals surface area contributed by atoms with Crippen LogP contribution in [-0.4, -0.2) is 34.1 Å². The van der Waals surface area contributed by atoms with Crippen molar-refractivity contribution in [3.05, 3.63) is 112 Å². The number of anilines is 1. The Kier molecular flexibility index (Phi) is 7.05. The topological polar surface area (TPSA) is 106 Å². The zero-order valence-electron chi connectivity index (χ0n) is 20.9. The number of aliphatic hydroxyl groups excluding tert-OH is 1. The van der Waals surface area contributed by atoms with E-state index in [-0.39, 0.29) is 16.5 Å². The average molecular weight is 590 g/mol. The van der Waals surface area contributed by atoms with Crippen molar-refractivity contribution in [3.8, 4) is 5.75 Å². The minimum absolute atomic E-state index is 0.0207.